The minimum Gasteiger partial charge on any atom is -0.493 e. The molecule has 0 bridgehead atoms. The van der Waals surface area contributed by atoms with Crippen LogP contribution >= 0.6 is 23.2 Å². The van der Waals surface area contributed by atoms with Crippen LogP contribution in [0.5, 0.6) is 11.5 Å². The fraction of sp³-hybridized carbons (Fsp3) is 0.105. The van der Waals surface area contributed by atoms with E-state index in [1.165, 1.54) is 0 Å². The Labute approximate surface area is 150 Å². The normalized spacial score (nSPS) is 11.2. The summed E-state index contributed by atoms with van der Waals surface area (Å²) in [5.74, 6) is 1.36. The van der Waals surface area contributed by atoms with E-state index in [-0.39, 0.29) is 0 Å². The molecule has 0 unspecified atom stereocenters. The second-order valence-electron chi connectivity index (χ2n) is 5.11. The summed E-state index contributed by atoms with van der Waals surface area (Å²) in [5.41, 5.74) is 2.44. The smallest absolute Gasteiger partial charge is 0.167 e. The van der Waals surface area contributed by atoms with Crippen LogP contribution in [0.25, 0.3) is 23.1 Å². The van der Waals surface area contributed by atoms with E-state index >= 15 is 0 Å². The molecule has 0 saturated carbocycles. The minimum absolute atomic E-state index is 0.611. The largest absolute Gasteiger partial charge is 0.493 e. The Morgan fingerprint density at radius 2 is 1.79 bits per heavy atom. The molecule has 0 spiro atoms. The van der Waals surface area contributed by atoms with Crippen molar-refractivity contribution in [2.24, 2.45) is 0 Å². The Morgan fingerprint density at radius 3 is 2.54 bits per heavy atom. The van der Waals surface area contributed by atoms with Crippen molar-refractivity contribution in [1.29, 1.82) is 0 Å². The molecule has 1 heterocycles. The third kappa shape index (κ3) is 3.32. The standard InChI is InChI=1S/C19H15Cl2NO2/c1-23-18-5-3-4-12(19(18)24-2)6-8-14-11-16(21)15-10-13(20)7-9-17(15)22-14/h3-11H,1-2H3/b8-6+. The SMILES string of the molecule is COc1cccc(/C=C/c2cc(Cl)c3cc(Cl)ccc3n2)c1OC. The van der Waals surface area contributed by atoms with Crippen LogP contribution in [0.1, 0.15) is 11.3 Å². The van der Waals surface area contributed by atoms with Crippen LogP contribution in [-0.4, -0.2) is 19.2 Å². The van der Waals surface area contributed by atoms with E-state index in [1.54, 1.807) is 20.3 Å². The highest BCUT2D eigenvalue weighted by Crippen LogP contribution is 2.32. The Kier molecular flexibility index (Phi) is 4.93. The Bertz CT molecular complexity index is 923. The van der Waals surface area contributed by atoms with Gasteiger partial charge in [-0.25, -0.2) is 4.98 Å². The van der Waals surface area contributed by atoms with Crippen LogP contribution in [-0.2, 0) is 0 Å². The molecular formula is C19H15Cl2NO2. The average Bonchev–Trinajstić information content (AvgIpc) is 2.60. The molecule has 3 nitrogen and oxygen atoms in total. The molecule has 1 aromatic heterocycles. The second-order valence-corrected chi connectivity index (χ2v) is 5.95. The second kappa shape index (κ2) is 7.12. The molecular weight excluding hydrogens is 345 g/mol. The molecule has 0 atom stereocenters. The molecule has 3 aromatic rings. The van der Waals surface area contributed by atoms with Gasteiger partial charge in [0.1, 0.15) is 0 Å². The van der Waals surface area contributed by atoms with Crippen LogP contribution in [0.2, 0.25) is 10.0 Å². The molecule has 24 heavy (non-hydrogen) atoms. The van der Waals surface area contributed by atoms with Gasteiger partial charge in [-0.05, 0) is 42.5 Å². The third-order valence-corrected chi connectivity index (χ3v) is 4.15. The summed E-state index contributed by atoms with van der Waals surface area (Å²) in [4.78, 5) is 4.59. The van der Waals surface area contributed by atoms with Crippen LogP contribution in [0.4, 0.5) is 0 Å². The Balaban J connectivity index is 2.01. The fourth-order valence-corrected chi connectivity index (χ4v) is 2.92. The van der Waals surface area contributed by atoms with E-state index < -0.39 is 0 Å². The van der Waals surface area contributed by atoms with Crippen LogP contribution in [0.3, 0.4) is 0 Å². The Morgan fingerprint density at radius 1 is 0.958 bits per heavy atom. The summed E-state index contributed by atoms with van der Waals surface area (Å²) < 4.78 is 10.7. The van der Waals surface area contributed by atoms with Gasteiger partial charge in [0.15, 0.2) is 11.5 Å². The number of halogens is 2. The minimum atomic E-state index is 0.611. The van der Waals surface area contributed by atoms with Crippen LogP contribution in [0.15, 0.2) is 42.5 Å². The number of aromatic nitrogens is 1. The lowest BCUT2D eigenvalue weighted by atomic mass is 10.1. The van der Waals surface area contributed by atoms with E-state index in [0.717, 1.165) is 22.2 Å². The van der Waals surface area contributed by atoms with Gasteiger partial charge in [-0.15, -0.1) is 0 Å². The van der Waals surface area contributed by atoms with Gasteiger partial charge in [0.25, 0.3) is 0 Å². The highest BCUT2D eigenvalue weighted by atomic mass is 35.5. The first-order chi connectivity index (χ1) is 11.6. The lowest BCUT2D eigenvalue weighted by molar-refractivity contribution is 0.354. The molecule has 0 radical (unpaired) electrons. The topological polar surface area (TPSA) is 31.4 Å². The van der Waals surface area contributed by atoms with Gasteiger partial charge in [0.2, 0.25) is 0 Å². The summed E-state index contributed by atoms with van der Waals surface area (Å²) >= 11 is 12.4. The van der Waals surface area contributed by atoms with Gasteiger partial charge < -0.3 is 9.47 Å². The maximum absolute atomic E-state index is 6.34. The number of para-hydroxylation sites is 1. The number of hydrogen-bond acceptors (Lipinski definition) is 3. The molecule has 122 valence electrons. The van der Waals surface area contributed by atoms with Crippen molar-refractivity contribution in [1.82, 2.24) is 4.98 Å². The quantitative estimate of drug-likeness (QED) is 0.595. The van der Waals surface area contributed by atoms with E-state index in [9.17, 15) is 0 Å². The van der Waals surface area contributed by atoms with Crippen molar-refractivity contribution in [3.63, 3.8) is 0 Å². The average molecular weight is 360 g/mol. The predicted molar refractivity (Wildman–Crippen MR) is 100 cm³/mol. The summed E-state index contributed by atoms with van der Waals surface area (Å²) in [5, 5.41) is 2.08. The molecule has 0 N–H and O–H groups in total. The molecule has 0 fully saturated rings. The molecule has 0 aliphatic carbocycles. The number of methoxy groups -OCH3 is 2. The number of fused-ring (bicyclic) bond motifs is 1. The van der Waals surface area contributed by atoms with E-state index in [0.29, 0.717) is 21.5 Å². The maximum atomic E-state index is 6.34. The van der Waals surface area contributed by atoms with Crippen molar-refractivity contribution < 1.29 is 9.47 Å². The highest BCUT2D eigenvalue weighted by molar-refractivity contribution is 6.36. The van der Waals surface area contributed by atoms with Gasteiger partial charge >= 0.3 is 0 Å². The van der Waals surface area contributed by atoms with Gasteiger partial charge in [-0.3, -0.25) is 0 Å². The first-order valence-corrected chi connectivity index (χ1v) is 8.03. The van der Waals surface area contributed by atoms with Crippen LogP contribution in [0, 0.1) is 0 Å². The fourth-order valence-electron chi connectivity index (χ4n) is 2.48. The number of pyridine rings is 1. The molecule has 0 aliphatic heterocycles. The third-order valence-electron chi connectivity index (χ3n) is 3.61. The maximum Gasteiger partial charge on any atom is 0.167 e. The van der Waals surface area contributed by atoms with Crippen molar-refractivity contribution >= 4 is 46.3 Å². The first-order valence-electron chi connectivity index (χ1n) is 7.27. The number of rotatable bonds is 4. The molecule has 0 amide bonds. The summed E-state index contributed by atoms with van der Waals surface area (Å²) in [7, 11) is 3.23. The van der Waals surface area contributed by atoms with Gasteiger partial charge in [0, 0.05) is 16.0 Å². The zero-order valence-electron chi connectivity index (χ0n) is 13.2. The molecule has 0 saturated heterocycles. The van der Waals surface area contributed by atoms with Crippen molar-refractivity contribution in [2.75, 3.05) is 14.2 Å². The van der Waals surface area contributed by atoms with Crippen molar-refractivity contribution in [3.8, 4) is 11.5 Å². The number of hydrogen-bond donors (Lipinski definition) is 0. The van der Waals surface area contributed by atoms with Crippen molar-refractivity contribution in [2.45, 2.75) is 0 Å². The zero-order chi connectivity index (χ0) is 17.1. The van der Waals surface area contributed by atoms with Gasteiger partial charge in [-0.2, -0.15) is 0 Å². The molecule has 2 aromatic carbocycles. The zero-order valence-corrected chi connectivity index (χ0v) is 14.7. The van der Waals surface area contributed by atoms with Crippen LogP contribution < -0.4 is 9.47 Å². The monoisotopic (exact) mass is 359 g/mol. The Hall–Kier alpha value is -2.23. The van der Waals surface area contributed by atoms with Crippen molar-refractivity contribution in [3.05, 3.63) is 63.8 Å². The first kappa shape index (κ1) is 16.6. The van der Waals surface area contributed by atoms with E-state index in [2.05, 4.69) is 4.98 Å². The summed E-state index contributed by atoms with van der Waals surface area (Å²) in [6.45, 7) is 0. The molecule has 3 rings (SSSR count). The number of ether oxygens (including phenoxy) is 2. The van der Waals surface area contributed by atoms with E-state index in [1.807, 2.05) is 48.6 Å². The highest BCUT2D eigenvalue weighted by Gasteiger charge is 2.07. The lowest BCUT2D eigenvalue weighted by Gasteiger charge is -2.09. The summed E-state index contributed by atoms with van der Waals surface area (Å²) in [6, 6.07) is 13.0. The van der Waals surface area contributed by atoms with Gasteiger partial charge in [-0.1, -0.05) is 35.3 Å². The van der Waals surface area contributed by atoms with Gasteiger partial charge in [0.05, 0.1) is 30.5 Å². The lowest BCUT2D eigenvalue weighted by Crippen LogP contribution is -1.92. The molecule has 5 heteroatoms. The molecule has 0 aliphatic rings. The predicted octanol–water partition coefficient (Wildman–Crippen LogP) is 5.73. The number of nitrogens with zero attached hydrogens (tertiary/aromatic N) is 1. The number of benzene rings is 2. The van der Waals surface area contributed by atoms with E-state index in [4.69, 9.17) is 32.7 Å². The summed E-state index contributed by atoms with van der Waals surface area (Å²) in [6.07, 6.45) is 3.80.